The average Bonchev–Trinajstić information content (AvgIpc) is 2.11. The third-order valence-electron chi connectivity index (χ3n) is 2.64. The molecule has 2 N–H and O–H groups in total. The van der Waals surface area contributed by atoms with Crippen LogP contribution in [0.25, 0.3) is 0 Å². The topological polar surface area (TPSA) is 26.0 Å². The molecule has 0 aliphatic rings. The quantitative estimate of drug-likeness (QED) is 0.754. The summed E-state index contributed by atoms with van der Waals surface area (Å²) in [6.07, 6.45) is 2.06. The summed E-state index contributed by atoms with van der Waals surface area (Å²) in [7, 11) is 0. The largest absolute Gasteiger partial charge is 0.327 e. The fourth-order valence-electron chi connectivity index (χ4n) is 1.58. The van der Waals surface area contributed by atoms with Gasteiger partial charge in [-0.25, -0.2) is 0 Å². The summed E-state index contributed by atoms with van der Waals surface area (Å²) < 4.78 is 0. The van der Waals surface area contributed by atoms with Crippen LogP contribution in [-0.4, -0.2) is 6.04 Å². The SMILES string of the molecule is CC[C@@H](N)Cc1c(C)cccc1C. The third kappa shape index (κ3) is 2.56. The molecule has 1 aromatic rings. The molecule has 0 aliphatic carbocycles. The summed E-state index contributed by atoms with van der Waals surface area (Å²) in [6.45, 7) is 6.45. The molecule has 0 aliphatic heterocycles. The van der Waals surface area contributed by atoms with Crippen molar-refractivity contribution >= 4 is 0 Å². The molecule has 0 radical (unpaired) electrons. The Balaban J connectivity index is 2.87. The van der Waals surface area contributed by atoms with E-state index in [4.69, 9.17) is 5.73 Å². The first kappa shape index (κ1) is 10.3. The van der Waals surface area contributed by atoms with Gasteiger partial charge in [0.05, 0.1) is 0 Å². The summed E-state index contributed by atoms with van der Waals surface area (Å²) in [4.78, 5) is 0. The Morgan fingerprint density at radius 3 is 2.23 bits per heavy atom. The Hall–Kier alpha value is -0.820. The highest BCUT2D eigenvalue weighted by molar-refractivity contribution is 5.34. The first-order chi connectivity index (χ1) is 6.15. The molecule has 0 saturated carbocycles. The fourth-order valence-corrected chi connectivity index (χ4v) is 1.58. The smallest absolute Gasteiger partial charge is 0.00768 e. The summed E-state index contributed by atoms with van der Waals surface area (Å²) in [5, 5.41) is 0. The number of hydrogen-bond acceptors (Lipinski definition) is 1. The van der Waals surface area contributed by atoms with Crippen LogP contribution in [0.1, 0.15) is 30.0 Å². The highest BCUT2D eigenvalue weighted by Gasteiger charge is 2.06. The van der Waals surface area contributed by atoms with Crippen molar-refractivity contribution in [3.63, 3.8) is 0 Å². The van der Waals surface area contributed by atoms with Crippen molar-refractivity contribution in [1.82, 2.24) is 0 Å². The standard InChI is InChI=1S/C12H19N/c1-4-11(13)8-12-9(2)6-5-7-10(12)3/h5-7,11H,4,8,13H2,1-3H3/t11-/m1/s1. The molecule has 1 heteroatoms. The monoisotopic (exact) mass is 177 g/mol. The van der Waals surface area contributed by atoms with Crippen LogP contribution in [0, 0.1) is 13.8 Å². The van der Waals surface area contributed by atoms with E-state index in [1.807, 2.05) is 0 Å². The molecule has 1 rings (SSSR count). The van der Waals surface area contributed by atoms with Gasteiger partial charge in [-0.1, -0.05) is 25.1 Å². The number of hydrogen-bond donors (Lipinski definition) is 1. The van der Waals surface area contributed by atoms with E-state index in [0.29, 0.717) is 6.04 Å². The number of benzene rings is 1. The second-order valence-electron chi connectivity index (χ2n) is 3.74. The van der Waals surface area contributed by atoms with Crippen molar-refractivity contribution in [2.75, 3.05) is 0 Å². The Morgan fingerprint density at radius 1 is 1.23 bits per heavy atom. The highest BCUT2D eigenvalue weighted by atomic mass is 14.6. The normalized spacial score (nSPS) is 12.9. The van der Waals surface area contributed by atoms with Crippen molar-refractivity contribution in [3.8, 4) is 0 Å². The summed E-state index contributed by atoms with van der Waals surface area (Å²) >= 11 is 0. The van der Waals surface area contributed by atoms with Crippen LogP contribution in [0.3, 0.4) is 0 Å². The van der Waals surface area contributed by atoms with Crippen LogP contribution in [0.4, 0.5) is 0 Å². The van der Waals surface area contributed by atoms with Crippen molar-refractivity contribution in [2.45, 2.75) is 39.7 Å². The maximum absolute atomic E-state index is 5.94. The van der Waals surface area contributed by atoms with Gasteiger partial charge in [0, 0.05) is 6.04 Å². The molecule has 0 amide bonds. The minimum Gasteiger partial charge on any atom is -0.327 e. The zero-order chi connectivity index (χ0) is 9.84. The van der Waals surface area contributed by atoms with Crippen molar-refractivity contribution in [3.05, 3.63) is 34.9 Å². The van der Waals surface area contributed by atoms with Crippen molar-refractivity contribution < 1.29 is 0 Å². The van der Waals surface area contributed by atoms with Crippen molar-refractivity contribution in [2.24, 2.45) is 5.73 Å². The molecule has 0 aromatic heterocycles. The summed E-state index contributed by atoms with van der Waals surface area (Å²) in [5.74, 6) is 0. The van der Waals surface area contributed by atoms with Gasteiger partial charge in [-0.2, -0.15) is 0 Å². The van der Waals surface area contributed by atoms with Gasteiger partial charge in [-0.05, 0) is 43.4 Å². The van der Waals surface area contributed by atoms with Gasteiger partial charge in [-0.3, -0.25) is 0 Å². The Bertz CT molecular complexity index is 258. The highest BCUT2D eigenvalue weighted by Crippen LogP contribution is 2.15. The molecule has 1 nitrogen and oxygen atoms in total. The van der Waals surface area contributed by atoms with Crippen LogP contribution in [-0.2, 0) is 6.42 Å². The Labute approximate surface area is 81.0 Å². The van der Waals surface area contributed by atoms with E-state index in [9.17, 15) is 0 Å². The molecule has 72 valence electrons. The van der Waals surface area contributed by atoms with Gasteiger partial charge in [-0.15, -0.1) is 0 Å². The van der Waals surface area contributed by atoms with E-state index in [1.54, 1.807) is 0 Å². The first-order valence-corrected chi connectivity index (χ1v) is 4.95. The van der Waals surface area contributed by atoms with Crippen molar-refractivity contribution in [1.29, 1.82) is 0 Å². The molecule has 0 heterocycles. The lowest BCUT2D eigenvalue weighted by Crippen LogP contribution is -2.22. The lowest BCUT2D eigenvalue weighted by Gasteiger charge is -2.13. The van der Waals surface area contributed by atoms with E-state index in [0.717, 1.165) is 12.8 Å². The van der Waals surface area contributed by atoms with E-state index in [-0.39, 0.29) is 0 Å². The maximum atomic E-state index is 5.94. The first-order valence-electron chi connectivity index (χ1n) is 4.95. The second kappa shape index (κ2) is 4.43. The van der Waals surface area contributed by atoms with E-state index in [1.165, 1.54) is 16.7 Å². The lowest BCUT2D eigenvalue weighted by molar-refractivity contribution is 0.642. The van der Waals surface area contributed by atoms with Gasteiger partial charge >= 0.3 is 0 Å². The molecule has 13 heavy (non-hydrogen) atoms. The summed E-state index contributed by atoms with van der Waals surface area (Å²) in [5.41, 5.74) is 10.1. The minimum absolute atomic E-state index is 0.305. The lowest BCUT2D eigenvalue weighted by atomic mass is 9.96. The third-order valence-corrected chi connectivity index (χ3v) is 2.64. The molecular formula is C12H19N. The molecule has 1 aromatic carbocycles. The molecule has 0 bridgehead atoms. The number of rotatable bonds is 3. The molecule has 0 saturated heterocycles. The molecule has 1 atom stereocenters. The predicted molar refractivity (Wildman–Crippen MR) is 57.9 cm³/mol. The van der Waals surface area contributed by atoms with Gasteiger partial charge in [0.25, 0.3) is 0 Å². The Morgan fingerprint density at radius 2 is 1.77 bits per heavy atom. The van der Waals surface area contributed by atoms with Crippen LogP contribution in [0.15, 0.2) is 18.2 Å². The van der Waals surface area contributed by atoms with Gasteiger partial charge in [0.15, 0.2) is 0 Å². The van der Waals surface area contributed by atoms with Crippen LogP contribution >= 0.6 is 0 Å². The van der Waals surface area contributed by atoms with Crippen LogP contribution in [0.5, 0.6) is 0 Å². The van der Waals surface area contributed by atoms with Crippen LogP contribution in [0.2, 0.25) is 0 Å². The zero-order valence-corrected chi connectivity index (χ0v) is 8.80. The predicted octanol–water partition coefficient (Wildman–Crippen LogP) is 2.58. The second-order valence-corrected chi connectivity index (χ2v) is 3.74. The van der Waals surface area contributed by atoms with Gasteiger partial charge < -0.3 is 5.73 Å². The number of nitrogens with two attached hydrogens (primary N) is 1. The van der Waals surface area contributed by atoms with Crippen LogP contribution < -0.4 is 5.73 Å². The molecule has 0 fully saturated rings. The zero-order valence-electron chi connectivity index (χ0n) is 8.80. The minimum atomic E-state index is 0.305. The maximum Gasteiger partial charge on any atom is 0.00768 e. The van der Waals surface area contributed by atoms with Gasteiger partial charge in [0.1, 0.15) is 0 Å². The molecular weight excluding hydrogens is 158 g/mol. The average molecular weight is 177 g/mol. The van der Waals surface area contributed by atoms with E-state index in [2.05, 4.69) is 39.0 Å². The number of aryl methyl sites for hydroxylation is 2. The molecule has 0 unspecified atom stereocenters. The fraction of sp³-hybridized carbons (Fsp3) is 0.500. The van der Waals surface area contributed by atoms with E-state index >= 15 is 0 Å². The molecule has 0 spiro atoms. The Kier molecular flexibility index (Phi) is 3.49. The van der Waals surface area contributed by atoms with E-state index < -0.39 is 0 Å². The summed E-state index contributed by atoms with van der Waals surface area (Å²) in [6, 6.07) is 6.72. The van der Waals surface area contributed by atoms with Gasteiger partial charge in [0.2, 0.25) is 0 Å².